The summed E-state index contributed by atoms with van der Waals surface area (Å²) in [6, 6.07) is 5.15. The first-order chi connectivity index (χ1) is 9.22. The molecule has 0 spiro atoms. The lowest BCUT2D eigenvalue weighted by Crippen LogP contribution is -2.20. The zero-order chi connectivity index (χ0) is 14.1. The van der Waals surface area contributed by atoms with E-state index in [1.807, 2.05) is 20.8 Å². The fourth-order valence-corrected chi connectivity index (χ4v) is 2.45. The summed E-state index contributed by atoms with van der Waals surface area (Å²) in [5, 5.41) is 0. The van der Waals surface area contributed by atoms with E-state index in [2.05, 4.69) is 0 Å². The van der Waals surface area contributed by atoms with Gasteiger partial charge in [-0.3, -0.25) is 0 Å². The van der Waals surface area contributed by atoms with Crippen LogP contribution in [0.4, 0.5) is 4.39 Å². The van der Waals surface area contributed by atoms with Crippen molar-refractivity contribution < 1.29 is 18.6 Å². The first-order valence-electron chi connectivity index (χ1n) is 6.50. The fourth-order valence-electron chi connectivity index (χ4n) is 1.54. The van der Waals surface area contributed by atoms with E-state index in [-0.39, 0.29) is 17.9 Å². The Kier molecular flexibility index (Phi) is 7.86. The molecule has 0 aromatic heterocycles. The van der Waals surface area contributed by atoms with Gasteiger partial charge in [0.2, 0.25) is 0 Å². The van der Waals surface area contributed by atoms with E-state index in [0.29, 0.717) is 30.5 Å². The molecule has 108 valence electrons. The van der Waals surface area contributed by atoms with Crippen LogP contribution < -0.4 is 4.74 Å². The van der Waals surface area contributed by atoms with Crippen molar-refractivity contribution in [3.63, 3.8) is 0 Å². The van der Waals surface area contributed by atoms with Gasteiger partial charge in [-0.15, -0.1) is 11.8 Å². The van der Waals surface area contributed by atoms with Crippen molar-refractivity contribution in [3.8, 4) is 5.75 Å². The van der Waals surface area contributed by atoms with Gasteiger partial charge in [0.05, 0.1) is 6.61 Å². The molecule has 0 unspecified atom stereocenters. The summed E-state index contributed by atoms with van der Waals surface area (Å²) in [7, 11) is 0. The molecular weight excluding hydrogens is 267 g/mol. The number of hydrogen-bond acceptors (Lipinski definition) is 4. The average molecular weight is 288 g/mol. The van der Waals surface area contributed by atoms with E-state index in [9.17, 15) is 4.39 Å². The van der Waals surface area contributed by atoms with Gasteiger partial charge >= 0.3 is 0 Å². The van der Waals surface area contributed by atoms with Gasteiger partial charge in [-0.2, -0.15) is 0 Å². The van der Waals surface area contributed by atoms with Crippen molar-refractivity contribution in [1.29, 1.82) is 0 Å². The summed E-state index contributed by atoms with van der Waals surface area (Å²) in [4.78, 5) is 0.551. The Balaban J connectivity index is 2.63. The summed E-state index contributed by atoms with van der Waals surface area (Å²) >= 11 is 1.37. The molecule has 5 heteroatoms. The van der Waals surface area contributed by atoms with E-state index in [0.717, 1.165) is 0 Å². The summed E-state index contributed by atoms with van der Waals surface area (Å²) in [6.45, 7) is 7.25. The molecule has 0 atom stereocenters. The van der Waals surface area contributed by atoms with Crippen molar-refractivity contribution in [2.24, 2.45) is 0 Å². The third kappa shape index (κ3) is 5.38. The molecule has 3 nitrogen and oxygen atoms in total. The second-order valence-electron chi connectivity index (χ2n) is 3.65. The summed E-state index contributed by atoms with van der Waals surface area (Å²) in [5.41, 5.74) is 0. The molecule has 1 aromatic carbocycles. The number of hydrogen-bond donors (Lipinski definition) is 0. The number of ether oxygens (including phenoxy) is 3. The minimum atomic E-state index is -0.318. The van der Waals surface area contributed by atoms with Crippen LogP contribution in [0.2, 0.25) is 0 Å². The Morgan fingerprint density at radius 2 is 1.79 bits per heavy atom. The summed E-state index contributed by atoms with van der Waals surface area (Å²) in [6.07, 6.45) is -0.310. The van der Waals surface area contributed by atoms with E-state index in [1.165, 1.54) is 11.8 Å². The largest absolute Gasteiger partial charge is 0.491 e. The molecule has 19 heavy (non-hydrogen) atoms. The molecule has 0 aliphatic carbocycles. The fraction of sp³-hybridized carbons (Fsp3) is 0.571. The molecule has 0 amide bonds. The molecule has 1 rings (SSSR count). The van der Waals surface area contributed by atoms with E-state index < -0.39 is 0 Å². The average Bonchev–Trinajstić information content (AvgIpc) is 2.40. The summed E-state index contributed by atoms with van der Waals surface area (Å²) in [5.74, 6) is 0.520. The maximum absolute atomic E-state index is 14.1. The van der Waals surface area contributed by atoms with Crippen LogP contribution in [0.25, 0.3) is 0 Å². The number of thioether (sulfide) groups is 1. The second kappa shape index (κ2) is 9.18. The molecule has 0 N–H and O–H groups in total. The zero-order valence-corrected chi connectivity index (χ0v) is 12.5. The van der Waals surface area contributed by atoms with Crippen LogP contribution in [0.15, 0.2) is 23.1 Å². The minimum Gasteiger partial charge on any atom is -0.491 e. The first-order valence-corrected chi connectivity index (χ1v) is 7.48. The second-order valence-corrected chi connectivity index (χ2v) is 4.71. The Morgan fingerprint density at radius 1 is 1.11 bits per heavy atom. The van der Waals surface area contributed by atoms with Crippen molar-refractivity contribution in [2.45, 2.75) is 32.0 Å². The highest BCUT2D eigenvalue weighted by Gasteiger charge is 2.13. The van der Waals surface area contributed by atoms with Gasteiger partial charge < -0.3 is 14.2 Å². The van der Waals surface area contributed by atoms with Crippen LogP contribution in [0.3, 0.4) is 0 Å². The Hall–Kier alpha value is -0.780. The van der Waals surface area contributed by atoms with Gasteiger partial charge in [-0.25, -0.2) is 4.39 Å². The van der Waals surface area contributed by atoms with Crippen LogP contribution in [-0.2, 0) is 9.47 Å². The zero-order valence-electron chi connectivity index (χ0n) is 11.6. The minimum absolute atomic E-state index is 0.289. The summed E-state index contributed by atoms with van der Waals surface area (Å²) < 4.78 is 30.1. The lowest BCUT2D eigenvalue weighted by Gasteiger charge is -2.16. The molecular formula is C14H21FO3S. The molecule has 1 aromatic rings. The number of benzene rings is 1. The van der Waals surface area contributed by atoms with Gasteiger partial charge in [0.1, 0.15) is 0 Å². The quantitative estimate of drug-likeness (QED) is 0.511. The van der Waals surface area contributed by atoms with Gasteiger partial charge in [0.25, 0.3) is 0 Å². The maximum atomic E-state index is 14.1. The van der Waals surface area contributed by atoms with E-state index in [4.69, 9.17) is 14.2 Å². The van der Waals surface area contributed by atoms with E-state index >= 15 is 0 Å². The van der Waals surface area contributed by atoms with E-state index in [1.54, 1.807) is 18.2 Å². The molecule has 0 fully saturated rings. The topological polar surface area (TPSA) is 27.7 Å². The molecule has 0 saturated carbocycles. The van der Waals surface area contributed by atoms with Gasteiger partial charge in [-0.1, -0.05) is 6.07 Å². The van der Waals surface area contributed by atoms with Gasteiger partial charge in [-0.05, 0) is 32.9 Å². The molecule has 0 radical (unpaired) electrons. The van der Waals surface area contributed by atoms with Crippen LogP contribution in [0, 0.1) is 5.82 Å². The van der Waals surface area contributed by atoms with Crippen LogP contribution >= 0.6 is 11.8 Å². The third-order valence-electron chi connectivity index (χ3n) is 2.31. The third-order valence-corrected chi connectivity index (χ3v) is 3.37. The monoisotopic (exact) mass is 288 g/mol. The van der Waals surface area contributed by atoms with Crippen molar-refractivity contribution in [1.82, 2.24) is 0 Å². The molecule has 0 aliphatic heterocycles. The normalized spacial score (nSPS) is 11.0. The smallest absolute Gasteiger partial charge is 0.178 e. The highest BCUT2D eigenvalue weighted by atomic mass is 32.2. The Labute approximate surface area is 118 Å². The first kappa shape index (κ1) is 16.3. The lowest BCUT2D eigenvalue weighted by molar-refractivity contribution is -0.120. The Morgan fingerprint density at radius 3 is 2.37 bits per heavy atom. The standard InChI is InChI=1S/C14H21FO3S/c1-4-16-11-8-7-9-12(14(11)15)19-10-13(17-5-2)18-6-3/h7-9,13H,4-6,10H2,1-3H3. The van der Waals surface area contributed by atoms with Gasteiger partial charge in [0, 0.05) is 23.9 Å². The predicted molar refractivity (Wildman–Crippen MR) is 75.3 cm³/mol. The van der Waals surface area contributed by atoms with Crippen LogP contribution in [-0.4, -0.2) is 31.9 Å². The molecule has 0 saturated heterocycles. The lowest BCUT2D eigenvalue weighted by atomic mass is 10.3. The SMILES string of the molecule is CCOc1cccc(SCC(OCC)OCC)c1F. The van der Waals surface area contributed by atoms with Crippen LogP contribution in [0.5, 0.6) is 5.75 Å². The molecule has 0 bridgehead atoms. The van der Waals surface area contributed by atoms with Crippen molar-refractivity contribution in [2.75, 3.05) is 25.6 Å². The molecule has 0 heterocycles. The van der Waals surface area contributed by atoms with Crippen molar-refractivity contribution >= 4 is 11.8 Å². The number of halogens is 1. The maximum Gasteiger partial charge on any atom is 0.178 e. The Bertz CT molecular complexity index is 368. The highest BCUT2D eigenvalue weighted by molar-refractivity contribution is 7.99. The predicted octanol–water partition coefficient (Wildman–Crippen LogP) is 3.72. The van der Waals surface area contributed by atoms with Crippen molar-refractivity contribution in [3.05, 3.63) is 24.0 Å². The molecule has 0 aliphatic rings. The van der Waals surface area contributed by atoms with Crippen LogP contribution in [0.1, 0.15) is 20.8 Å². The van der Waals surface area contributed by atoms with Gasteiger partial charge in [0.15, 0.2) is 17.9 Å². The number of rotatable bonds is 9. The highest BCUT2D eigenvalue weighted by Crippen LogP contribution is 2.29.